The maximum absolute atomic E-state index is 12.2. The van der Waals surface area contributed by atoms with E-state index in [2.05, 4.69) is 15.1 Å². The third kappa shape index (κ3) is 2.18. The van der Waals surface area contributed by atoms with Crippen LogP contribution in [-0.4, -0.2) is 24.9 Å². The van der Waals surface area contributed by atoms with Gasteiger partial charge in [0.2, 0.25) is 0 Å². The van der Waals surface area contributed by atoms with E-state index in [-0.39, 0.29) is 16.8 Å². The first-order valence-electron chi connectivity index (χ1n) is 6.64. The first-order valence-corrected chi connectivity index (χ1v) is 6.64. The lowest BCUT2D eigenvalue weighted by atomic mass is 10.1. The number of nitrogens with one attached hydrogen (secondary N) is 1. The van der Waals surface area contributed by atoms with E-state index in [1.54, 1.807) is 28.9 Å². The van der Waals surface area contributed by atoms with Gasteiger partial charge in [-0.15, -0.1) is 0 Å². The van der Waals surface area contributed by atoms with E-state index < -0.39 is 0 Å². The lowest BCUT2D eigenvalue weighted by Gasteiger charge is -2.19. The molecule has 0 amide bonds. The lowest BCUT2D eigenvalue weighted by Crippen LogP contribution is -2.23. The van der Waals surface area contributed by atoms with Crippen molar-refractivity contribution in [1.29, 1.82) is 0 Å². The summed E-state index contributed by atoms with van der Waals surface area (Å²) in [6.45, 7) is 5.98. The van der Waals surface area contributed by atoms with Crippen LogP contribution in [-0.2, 0) is 5.54 Å². The largest absolute Gasteiger partial charge is 0.508 e. The number of aromatic hydroxyl groups is 1. The molecule has 0 atom stereocenters. The van der Waals surface area contributed by atoms with Crippen molar-refractivity contribution in [3.05, 3.63) is 40.9 Å². The highest BCUT2D eigenvalue weighted by Crippen LogP contribution is 2.29. The Labute approximate surface area is 121 Å². The predicted molar refractivity (Wildman–Crippen MR) is 80.2 cm³/mol. The monoisotopic (exact) mass is 284 g/mol. The molecule has 0 saturated heterocycles. The Bertz CT molecular complexity index is 871. The Morgan fingerprint density at radius 2 is 2.05 bits per heavy atom. The minimum absolute atomic E-state index is 0.131. The smallest absolute Gasteiger partial charge is 0.262 e. The third-order valence-electron chi connectivity index (χ3n) is 3.23. The van der Waals surface area contributed by atoms with Gasteiger partial charge >= 0.3 is 0 Å². The number of aromatic nitrogens is 4. The van der Waals surface area contributed by atoms with Crippen LogP contribution in [0.4, 0.5) is 0 Å². The second-order valence-corrected chi connectivity index (χ2v) is 5.91. The number of hydrogen-bond acceptors (Lipinski definition) is 4. The molecule has 2 aromatic heterocycles. The fraction of sp³-hybridized carbons (Fsp3) is 0.267. The molecule has 21 heavy (non-hydrogen) atoms. The van der Waals surface area contributed by atoms with Gasteiger partial charge < -0.3 is 10.1 Å². The Kier molecular flexibility index (Phi) is 2.83. The molecule has 0 radical (unpaired) electrons. The summed E-state index contributed by atoms with van der Waals surface area (Å²) < 4.78 is 1.73. The van der Waals surface area contributed by atoms with Gasteiger partial charge in [0.05, 0.1) is 11.9 Å². The molecule has 6 heteroatoms. The highest BCUT2D eigenvalue weighted by Gasteiger charge is 2.23. The van der Waals surface area contributed by atoms with Crippen molar-refractivity contribution in [2.45, 2.75) is 26.3 Å². The zero-order valence-corrected chi connectivity index (χ0v) is 12.1. The fourth-order valence-electron chi connectivity index (χ4n) is 2.28. The van der Waals surface area contributed by atoms with Crippen LogP contribution in [0.15, 0.2) is 35.4 Å². The zero-order chi connectivity index (χ0) is 15.2. The van der Waals surface area contributed by atoms with Gasteiger partial charge in [-0.1, -0.05) is 12.1 Å². The first-order chi connectivity index (χ1) is 9.88. The van der Waals surface area contributed by atoms with E-state index in [1.165, 1.54) is 6.33 Å². The Hall–Kier alpha value is -2.63. The summed E-state index contributed by atoms with van der Waals surface area (Å²) in [6.07, 6.45) is 1.38. The van der Waals surface area contributed by atoms with Crippen LogP contribution in [0, 0.1) is 0 Å². The van der Waals surface area contributed by atoms with Gasteiger partial charge in [-0.05, 0) is 32.9 Å². The van der Waals surface area contributed by atoms with Crippen LogP contribution < -0.4 is 5.56 Å². The summed E-state index contributed by atoms with van der Waals surface area (Å²) in [4.78, 5) is 19.0. The maximum Gasteiger partial charge on any atom is 0.262 e. The van der Waals surface area contributed by atoms with Crippen LogP contribution in [0.1, 0.15) is 20.8 Å². The minimum Gasteiger partial charge on any atom is -0.508 e. The standard InChI is InChI=1S/C15H16N4O2/c1-15(2,3)19-13-11(14(21)17-8-16-13)12(18-19)9-5-4-6-10(20)7-9/h4-8,20H,1-3H3,(H,16,17,21). The van der Waals surface area contributed by atoms with E-state index >= 15 is 0 Å². The van der Waals surface area contributed by atoms with Crippen LogP contribution in [0.3, 0.4) is 0 Å². The number of aromatic amines is 1. The molecule has 0 unspecified atom stereocenters. The highest BCUT2D eigenvalue weighted by atomic mass is 16.3. The fourth-order valence-corrected chi connectivity index (χ4v) is 2.28. The van der Waals surface area contributed by atoms with Crippen molar-refractivity contribution in [2.24, 2.45) is 0 Å². The van der Waals surface area contributed by atoms with Gasteiger partial charge in [-0.25, -0.2) is 9.67 Å². The normalized spacial score (nSPS) is 12.0. The van der Waals surface area contributed by atoms with Crippen LogP contribution in [0.2, 0.25) is 0 Å². The molecule has 0 aliphatic heterocycles. The molecule has 2 N–H and O–H groups in total. The van der Waals surface area contributed by atoms with Crippen molar-refractivity contribution >= 4 is 11.0 Å². The molecule has 3 rings (SSSR count). The van der Waals surface area contributed by atoms with E-state index in [1.807, 2.05) is 20.8 Å². The molecule has 1 aromatic carbocycles. The Morgan fingerprint density at radius 1 is 1.29 bits per heavy atom. The Morgan fingerprint density at radius 3 is 2.71 bits per heavy atom. The van der Waals surface area contributed by atoms with Crippen molar-refractivity contribution in [3.63, 3.8) is 0 Å². The molecule has 0 aliphatic carbocycles. The van der Waals surface area contributed by atoms with Gasteiger partial charge in [0.1, 0.15) is 16.8 Å². The van der Waals surface area contributed by atoms with Crippen LogP contribution in [0.25, 0.3) is 22.3 Å². The summed E-state index contributed by atoms with van der Waals surface area (Å²) in [7, 11) is 0. The summed E-state index contributed by atoms with van der Waals surface area (Å²) >= 11 is 0. The van der Waals surface area contributed by atoms with E-state index in [0.717, 1.165) is 0 Å². The van der Waals surface area contributed by atoms with E-state index in [4.69, 9.17) is 0 Å². The Balaban J connectivity index is 2.41. The zero-order valence-electron chi connectivity index (χ0n) is 12.1. The summed E-state index contributed by atoms with van der Waals surface area (Å²) in [5.74, 6) is 0.131. The molecule has 0 fully saturated rings. The lowest BCUT2D eigenvalue weighted by molar-refractivity contribution is 0.366. The van der Waals surface area contributed by atoms with Gasteiger partial charge in [-0.3, -0.25) is 4.79 Å². The molecule has 2 heterocycles. The highest BCUT2D eigenvalue weighted by molar-refractivity contribution is 5.90. The second kappa shape index (κ2) is 4.44. The third-order valence-corrected chi connectivity index (χ3v) is 3.23. The number of benzene rings is 1. The summed E-state index contributed by atoms with van der Waals surface area (Å²) in [5, 5.41) is 14.6. The van der Waals surface area contributed by atoms with Crippen molar-refractivity contribution in [1.82, 2.24) is 19.7 Å². The number of phenols is 1. The first kappa shape index (κ1) is 13.4. The number of rotatable bonds is 1. The number of hydrogen-bond donors (Lipinski definition) is 2. The van der Waals surface area contributed by atoms with E-state index in [0.29, 0.717) is 22.3 Å². The van der Waals surface area contributed by atoms with Crippen molar-refractivity contribution in [2.75, 3.05) is 0 Å². The molecular weight excluding hydrogens is 268 g/mol. The number of fused-ring (bicyclic) bond motifs is 1. The van der Waals surface area contributed by atoms with Crippen molar-refractivity contribution in [3.8, 4) is 17.0 Å². The van der Waals surface area contributed by atoms with Gasteiger partial charge in [0.15, 0.2) is 5.65 Å². The topological polar surface area (TPSA) is 83.8 Å². The summed E-state index contributed by atoms with van der Waals surface area (Å²) in [6, 6.07) is 6.69. The van der Waals surface area contributed by atoms with Crippen LogP contribution in [0.5, 0.6) is 5.75 Å². The second-order valence-electron chi connectivity index (χ2n) is 5.91. The number of H-pyrrole nitrogens is 1. The average Bonchev–Trinajstić information content (AvgIpc) is 2.79. The summed E-state index contributed by atoms with van der Waals surface area (Å²) in [5.41, 5.74) is 1.18. The molecule has 0 bridgehead atoms. The molecule has 0 saturated carbocycles. The molecule has 0 aliphatic rings. The molecule has 108 valence electrons. The minimum atomic E-state index is -0.311. The average molecular weight is 284 g/mol. The van der Waals surface area contributed by atoms with Crippen LogP contribution >= 0.6 is 0 Å². The van der Waals surface area contributed by atoms with Gasteiger partial charge in [-0.2, -0.15) is 5.10 Å². The maximum atomic E-state index is 12.2. The van der Waals surface area contributed by atoms with Gasteiger partial charge in [0.25, 0.3) is 5.56 Å². The number of nitrogens with zero attached hydrogens (tertiary/aromatic N) is 3. The SMILES string of the molecule is CC(C)(C)n1nc(-c2cccc(O)c2)c2c(=O)[nH]cnc21. The molecular formula is C15H16N4O2. The molecule has 3 aromatic rings. The van der Waals surface area contributed by atoms with Gasteiger partial charge in [0, 0.05) is 5.56 Å². The van der Waals surface area contributed by atoms with E-state index in [9.17, 15) is 9.90 Å². The van der Waals surface area contributed by atoms with Crippen molar-refractivity contribution < 1.29 is 5.11 Å². The quantitative estimate of drug-likeness (QED) is 0.718. The molecule has 0 spiro atoms. The predicted octanol–water partition coefficient (Wildman–Crippen LogP) is 2.25. The number of phenolic OH excluding ortho intramolecular Hbond substituents is 1. The molecule has 6 nitrogen and oxygen atoms in total.